The molecule has 2 amide bonds. The first-order valence-corrected chi connectivity index (χ1v) is 10.9. The molecule has 2 heterocycles. The van der Waals surface area contributed by atoms with Crippen LogP contribution in [-0.2, 0) is 22.6 Å². The number of methoxy groups -OCH3 is 1. The number of hydrogen-bond donors (Lipinski definition) is 1. The number of nitrogens with zero attached hydrogens (tertiary/aromatic N) is 2. The maximum Gasteiger partial charge on any atom is 0.528 e. The van der Waals surface area contributed by atoms with Gasteiger partial charge in [-0.1, -0.05) is 30.3 Å². The molecule has 0 saturated carbocycles. The van der Waals surface area contributed by atoms with Crippen molar-refractivity contribution in [2.75, 3.05) is 25.5 Å². The number of ether oxygens (including phenoxy) is 2. The van der Waals surface area contributed by atoms with Crippen LogP contribution in [0.5, 0.6) is 5.75 Å². The third kappa shape index (κ3) is 5.13. The van der Waals surface area contributed by atoms with Crippen molar-refractivity contribution in [1.82, 2.24) is 9.96 Å². The number of anilines is 1. The van der Waals surface area contributed by atoms with E-state index in [0.29, 0.717) is 25.9 Å². The van der Waals surface area contributed by atoms with Crippen LogP contribution in [0.25, 0.3) is 0 Å². The second kappa shape index (κ2) is 9.91. The molecule has 2 aromatic rings. The zero-order chi connectivity index (χ0) is 22.5. The topological polar surface area (TPSA) is 80.3 Å². The number of piperidine rings is 1. The average Bonchev–Trinajstić information content (AvgIpc) is 2.97. The first-order valence-electron chi connectivity index (χ1n) is 10.9. The van der Waals surface area contributed by atoms with Crippen molar-refractivity contribution in [3.8, 4) is 5.75 Å². The van der Waals surface area contributed by atoms with E-state index in [4.69, 9.17) is 14.3 Å². The zero-order valence-electron chi connectivity index (χ0n) is 18.5. The summed E-state index contributed by atoms with van der Waals surface area (Å²) in [4.78, 5) is 32.3. The highest BCUT2D eigenvalue weighted by molar-refractivity contribution is 5.91. The molecule has 0 spiro atoms. The molecular weight excluding hydrogens is 410 g/mol. The number of carbonyl (C=O) groups excluding carboxylic acids is 2. The van der Waals surface area contributed by atoms with Gasteiger partial charge < -0.3 is 24.5 Å². The fourth-order valence-corrected chi connectivity index (χ4v) is 4.29. The van der Waals surface area contributed by atoms with Crippen molar-refractivity contribution >= 4 is 17.9 Å². The lowest BCUT2D eigenvalue weighted by molar-refractivity contribution is -0.170. The Labute approximate surface area is 188 Å². The van der Waals surface area contributed by atoms with Gasteiger partial charge in [0.15, 0.2) is 0 Å². The summed E-state index contributed by atoms with van der Waals surface area (Å²) < 4.78 is 10.5. The maximum atomic E-state index is 12.9. The third-order valence-corrected chi connectivity index (χ3v) is 6.06. The van der Waals surface area contributed by atoms with E-state index in [0.717, 1.165) is 29.0 Å². The molecule has 0 aliphatic carbocycles. The SMILES string of the molecule is COc1ccc2c(c1)CCN(C1CCN(OC(=O)OCc3ccccc3)C(C)C1)C(=O)N2. The Morgan fingerprint density at radius 2 is 1.97 bits per heavy atom. The summed E-state index contributed by atoms with van der Waals surface area (Å²) in [6.45, 7) is 3.33. The minimum atomic E-state index is -0.712. The van der Waals surface area contributed by atoms with E-state index in [2.05, 4.69) is 5.32 Å². The summed E-state index contributed by atoms with van der Waals surface area (Å²) in [7, 11) is 1.64. The zero-order valence-corrected chi connectivity index (χ0v) is 18.5. The predicted molar refractivity (Wildman–Crippen MR) is 119 cm³/mol. The van der Waals surface area contributed by atoms with E-state index in [1.807, 2.05) is 60.4 Å². The smallest absolute Gasteiger partial charge is 0.497 e. The van der Waals surface area contributed by atoms with Crippen molar-refractivity contribution in [3.63, 3.8) is 0 Å². The molecule has 8 heteroatoms. The van der Waals surface area contributed by atoms with Crippen LogP contribution in [-0.4, -0.2) is 54.4 Å². The van der Waals surface area contributed by atoms with Gasteiger partial charge in [0.2, 0.25) is 0 Å². The fraction of sp³-hybridized carbons (Fsp3) is 0.417. The van der Waals surface area contributed by atoms with Crippen LogP contribution in [0.2, 0.25) is 0 Å². The van der Waals surface area contributed by atoms with E-state index in [1.165, 1.54) is 0 Å². The number of hydroxylamine groups is 2. The van der Waals surface area contributed by atoms with Crippen LogP contribution in [0, 0.1) is 0 Å². The first-order chi connectivity index (χ1) is 15.5. The summed E-state index contributed by atoms with van der Waals surface area (Å²) in [6.07, 6.45) is 1.46. The summed E-state index contributed by atoms with van der Waals surface area (Å²) in [5, 5.41) is 4.68. The Balaban J connectivity index is 1.30. The van der Waals surface area contributed by atoms with E-state index < -0.39 is 6.16 Å². The van der Waals surface area contributed by atoms with Crippen LogP contribution in [0.4, 0.5) is 15.3 Å². The van der Waals surface area contributed by atoms with Gasteiger partial charge in [0.05, 0.1) is 7.11 Å². The normalized spacial score (nSPS) is 21.2. The van der Waals surface area contributed by atoms with Gasteiger partial charge in [-0.3, -0.25) is 0 Å². The van der Waals surface area contributed by atoms with Gasteiger partial charge in [-0.15, -0.1) is 5.06 Å². The van der Waals surface area contributed by atoms with Gasteiger partial charge in [-0.2, -0.15) is 0 Å². The van der Waals surface area contributed by atoms with E-state index >= 15 is 0 Å². The van der Waals surface area contributed by atoms with Crippen LogP contribution in [0.1, 0.15) is 30.9 Å². The Morgan fingerprint density at radius 1 is 1.16 bits per heavy atom. The van der Waals surface area contributed by atoms with Crippen LogP contribution in [0.15, 0.2) is 48.5 Å². The molecule has 1 saturated heterocycles. The largest absolute Gasteiger partial charge is 0.528 e. The van der Waals surface area contributed by atoms with Gasteiger partial charge in [0.25, 0.3) is 0 Å². The predicted octanol–water partition coefficient (Wildman–Crippen LogP) is 4.21. The minimum Gasteiger partial charge on any atom is -0.497 e. The molecule has 4 rings (SSSR count). The molecule has 2 atom stereocenters. The lowest BCUT2D eigenvalue weighted by Gasteiger charge is -2.40. The summed E-state index contributed by atoms with van der Waals surface area (Å²) in [6, 6.07) is 15.1. The Hall–Kier alpha value is -3.26. The molecule has 32 heavy (non-hydrogen) atoms. The number of urea groups is 1. The number of benzene rings is 2. The van der Waals surface area contributed by atoms with Crippen LogP contribution >= 0.6 is 0 Å². The standard InChI is InChI=1S/C24H29N3O5/c1-17-14-20(11-13-27(17)32-24(29)31-16-18-6-4-3-5-7-18)26-12-10-19-15-21(30-2)8-9-22(19)25-23(26)28/h3-9,15,17,20H,10-14,16H2,1-2H3,(H,25,28). The number of nitrogens with one attached hydrogen (secondary N) is 1. The third-order valence-electron chi connectivity index (χ3n) is 6.06. The highest BCUT2D eigenvalue weighted by Gasteiger charge is 2.35. The number of carbonyl (C=O) groups is 2. The molecule has 2 unspecified atom stereocenters. The fourth-order valence-electron chi connectivity index (χ4n) is 4.29. The second-order valence-electron chi connectivity index (χ2n) is 8.18. The summed E-state index contributed by atoms with van der Waals surface area (Å²) >= 11 is 0. The highest BCUT2D eigenvalue weighted by Crippen LogP contribution is 2.29. The number of fused-ring (bicyclic) bond motifs is 1. The molecule has 2 aromatic carbocycles. The van der Waals surface area contributed by atoms with Crippen molar-refractivity contribution in [3.05, 3.63) is 59.7 Å². The van der Waals surface area contributed by atoms with Crippen LogP contribution in [0.3, 0.4) is 0 Å². The molecule has 170 valence electrons. The molecule has 0 bridgehead atoms. The molecule has 1 fully saturated rings. The van der Waals surface area contributed by atoms with Crippen molar-refractivity contribution in [2.24, 2.45) is 0 Å². The van der Waals surface area contributed by atoms with Crippen molar-refractivity contribution in [1.29, 1.82) is 0 Å². The molecule has 2 aliphatic heterocycles. The van der Waals surface area contributed by atoms with Gasteiger partial charge in [-0.05, 0) is 55.5 Å². The summed E-state index contributed by atoms with van der Waals surface area (Å²) in [5.74, 6) is 0.782. The first kappa shape index (κ1) is 22.0. The lowest BCUT2D eigenvalue weighted by Crippen LogP contribution is -2.52. The lowest BCUT2D eigenvalue weighted by atomic mass is 9.98. The number of hydrogen-bond acceptors (Lipinski definition) is 6. The molecule has 0 aromatic heterocycles. The molecule has 0 radical (unpaired) electrons. The Kier molecular flexibility index (Phi) is 6.80. The molecule has 2 aliphatic rings. The second-order valence-corrected chi connectivity index (χ2v) is 8.18. The van der Waals surface area contributed by atoms with Gasteiger partial charge in [-0.25, -0.2) is 9.59 Å². The van der Waals surface area contributed by atoms with Crippen LogP contribution < -0.4 is 10.1 Å². The van der Waals surface area contributed by atoms with Crippen molar-refractivity contribution < 1.29 is 23.9 Å². The monoisotopic (exact) mass is 439 g/mol. The van der Waals surface area contributed by atoms with Gasteiger partial charge in [0.1, 0.15) is 12.4 Å². The minimum absolute atomic E-state index is 0.0310. The number of rotatable bonds is 5. The molecule has 1 N–H and O–H groups in total. The molecule has 8 nitrogen and oxygen atoms in total. The molecular formula is C24H29N3O5. The average molecular weight is 440 g/mol. The van der Waals surface area contributed by atoms with Gasteiger partial charge in [0, 0.05) is 30.9 Å². The highest BCUT2D eigenvalue weighted by atomic mass is 16.8. The quantitative estimate of drug-likeness (QED) is 0.703. The van der Waals surface area contributed by atoms with Gasteiger partial charge >= 0.3 is 12.2 Å². The summed E-state index contributed by atoms with van der Waals surface area (Å²) in [5.41, 5.74) is 2.80. The number of amides is 2. The van der Waals surface area contributed by atoms with E-state index in [-0.39, 0.29) is 24.7 Å². The Morgan fingerprint density at radius 3 is 2.72 bits per heavy atom. The Bertz CT molecular complexity index is 952. The van der Waals surface area contributed by atoms with Crippen molar-refractivity contribution in [2.45, 2.75) is 44.9 Å². The maximum absolute atomic E-state index is 12.9. The van der Waals surface area contributed by atoms with E-state index in [9.17, 15) is 9.59 Å². The van der Waals surface area contributed by atoms with E-state index in [1.54, 1.807) is 12.2 Å².